The Morgan fingerprint density at radius 3 is 2.89 bits per heavy atom. The summed E-state index contributed by atoms with van der Waals surface area (Å²) in [5.41, 5.74) is 0. The average molecular weight is 263 g/mol. The van der Waals surface area contributed by atoms with Gasteiger partial charge in [0.1, 0.15) is 5.76 Å². The molecule has 0 aromatic carbocycles. The highest BCUT2D eigenvalue weighted by molar-refractivity contribution is 5.91. The first-order chi connectivity index (χ1) is 9.24. The number of aryl methyl sites for hydroxylation is 1. The Hall–Kier alpha value is -1.25. The fourth-order valence-corrected chi connectivity index (χ4v) is 2.97. The zero-order chi connectivity index (χ0) is 13.7. The minimum atomic E-state index is -0.0481. The highest BCUT2D eigenvalue weighted by Gasteiger charge is 2.28. The lowest BCUT2D eigenvalue weighted by atomic mass is 9.97. The van der Waals surface area contributed by atoms with Gasteiger partial charge in [-0.1, -0.05) is 33.1 Å². The van der Waals surface area contributed by atoms with Gasteiger partial charge in [0.25, 0.3) is 5.91 Å². The molecule has 1 aliphatic carbocycles. The van der Waals surface area contributed by atoms with Crippen LogP contribution in [0.25, 0.3) is 0 Å². The maximum atomic E-state index is 12.1. The Labute approximate surface area is 115 Å². The van der Waals surface area contributed by atoms with Gasteiger partial charge in [-0.05, 0) is 37.3 Å². The van der Waals surface area contributed by atoms with Crippen molar-refractivity contribution < 1.29 is 9.21 Å². The summed E-state index contributed by atoms with van der Waals surface area (Å²) < 4.78 is 5.51. The number of carbonyl (C=O) groups is 1. The lowest BCUT2D eigenvalue weighted by Crippen LogP contribution is -2.37. The van der Waals surface area contributed by atoms with Crippen LogP contribution in [0.5, 0.6) is 0 Å². The number of hydrogen-bond acceptors (Lipinski definition) is 2. The fraction of sp³-hybridized carbons (Fsp3) is 0.688. The van der Waals surface area contributed by atoms with E-state index in [2.05, 4.69) is 12.2 Å². The van der Waals surface area contributed by atoms with Gasteiger partial charge in [0.2, 0.25) is 0 Å². The van der Waals surface area contributed by atoms with E-state index in [0.29, 0.717) is 17.7 Å². The second kappa shape index (κ2) is 6.78. The van der Waals surface area contributed by atoms with Crippen molar-refractivity contribution in [2.45, 2.75) is 64.8 Å². The van der Waals surface area contributed by atoms with Crippen LogP contribution in [0.2, 0.25) is 0 Å². The molecular weight excluding hydrogens is 238 g/mol. The molecule has 2 rings (SSSR count). The summed E-state index contributed by atoms with van der Waals surface area (Å²) in [7, 11) is 0. The molecule has 1 aromatic rings. The first kappa shape index (κ1) is 14.2. The van der Waals surface area contributed by atoms with Crippen molar-refractivity contribution in [1.82, 2.24) is 5.32 Å². The van der Waals surface area contributed by atoms with Crippen molar-refractivity contribution in [3.63, 3.8) is 0 Å². The van der Waals surface area contributed by atoms with E-state index in [1.54, 1.807) is 6.07 Å². The Balaban J connectivity index is 1.90. The van der Waals surface area contributed by atoms with Crippen molar-refractivity contribution in [3.8, 4) is 0 Å². The summed E-state index contributed by atoms with van der Waals surface area (Å²) in [4.78, 5) is 12.1. The molecule has 3 heteroatoms. The molecule has 1 aliphatic rings. The summed E-state index contributed by atoms with van der Waals surface area (Å²) in [6, 6.07) is 4.01. The van der Waals surface area contributed by atoms with Crippen LogP contribution in [0.15, 0.2) is 16.5 Å². The summed E-state index contributed by atoms with van der Waals surface area (Å²) in [6.07, 6.45) is 8.16. The number of hydrogen-bond donors (Lipinski definition) is 1. The molecule has 0 radical (unpaired) electrons. The minimum Gasteiger partial charge on any atom is -0.456 e. The third kappa shape index (κ3) is 3.62. The van der Waals surface area contributed by atoms with Crippen LogP contribution in [-0.2, 0) is 6.42 Å². The van der Waals surface area contributed by atoms with E-state index in [0.717, 1.165) is 18.6 Å². The fourth-order valence-electron chi connectivity index (χ4n) is 2.97. The van der Waals surface area contributed by atoms with E-state index < -0.39 is 0 Å². The number of unbranched alkanes of at least 4 members (excludes halogenated alkanes) is 1. The van der Waals surface area contributed by atoms with Crippen molar-refractivity contribution in [2.24, 2.45) is 5.92 Å². The van der Waals surface area contributed by atoms with Gasteiger partial charge in [-0.15, -0.1) is 0 Å². The van der Waals surface area contributed by atoms with Gasteiger partial charge in [-0.3, -0.25) is 4.79 Å². The molecule has 1 amide bonds. The van der Waals surface area contributed by atoms with Crippen molar-refractivity contribution in [2.75, 3.05) is 0 Å². The largest absolute Gasteiger partial charge is 0.456 e. The van der Waals surface area contributed by atoms with Crippen LogP contribution in [-0.4, -0.2) is 11.9 Å². The molecule has 1 fully saturated rings. The summed E-state index contributed by atoms with van der Waals surface area (Å²) in [5.74, 6) is 1.94. The molecule has 0 saturated heterocycles. The predicted octanol–water partition coefficient (Wildman–Crippen LogP) is 3.93. The lowest BCUT2D eigenvalue weighted by molar-refractivity contribution is 0.0896. The zero-order valence-corrected chi connectivity index (χ0v) is 12.1. The standard InChI is InChI=1S/C16H25NO2/c1-3-5-7-12-8-6-9-14(12)17-16(18)15-11-10-13(4-2)19-15/h10-12,14H,3-9H2,1-2H3,(H,17,18). The van der Waals surface area contributed by atoms with E-state index in [1.807, 2.05) is 13.0 Å². The highest BCUT2D eigenvalue weighted by atomic mass is 16.3. The van der Waals surface area contributed by atoms with Crippen LogP contribution in [0.3, 0.4) is 0 Å². The van der Waals surface area contributed by atoms with Gasteiger partial charge in [0.05, 0.1) is 0 Å². The number of rotatable bonds is 6. The maximum absolute atomic E-state index is 12.1. The van der Waals surface area contributed by atoms with E-state index in [1.165, 1.54) is 32.1 Å². The first-order valence-corrected chi connectivity index (χ1v) is 7.64. The maximum Gasteiger partial charge on any atom is 0.287 e. The molecule has 1 N–H and O–H groups in total. The number of nitrogens with one attached hydrogen (secondary N) is 1. The van der Waals surface area contributed by atoms with Gasteiger partial charge in [0.15, 0.2) is 5.76 Å². The van der Waals surface area contributed by atoms with Crippen molar-refractivity contribution in [3.05, 3.63) is 23.7 Å². The number of furan rings is 1. The number of carbonyl (C=O) groups excluding carboxylic acids is 1. The normalized spacial score (nSPS) is 22.6. The second-order valence-corrected chi connectivity index (χ2v) is 5.53. The minimum absolute atomic E-state index is 0.0481. The quantitative estimate of drug-likeness (QED) is 0.845. The lowest BCUT2D eigenvalue weighted by Gasteiger charge is -2.20. The summed E-state index contributed by atoms with van der Waals surface area (Å²) in [6.45, 7) is 4.25. The van der Waals surface area contributed by atoms with Crippen molar-refractivity contribution >= 4 is 5.91 Å². The third-order valence-corrected chi connectivity index (χ3v) is 4.14. The van der Waals surface area contributed by atoms with E-state index >= 15 is 0 Å². The van der Waals surface area contributed by atoms with E-state index in [-0.39, 0.29) is 5.91 Å². The van der Waals surface area contributed by atoms with Crippen LogP contribution >= 0.6 is 0 Å². The topological polar surface area (TPSA) is 42.2 Å². The van der Waals surface area contributed by atoms with Crippen LogP contribution in [0.1, 0.15) is 68.7 Å². The SMILES string of the molecule is CCCCC1CCCC1NC(=O)c1ccc(CC)o1. The molecule has 1 aromatic heterocycles. The molecule has 19 heavy (non-hydrogen) atoms. The van der Waals surface area contributed by atoms with Gasteiger partial charge in [0, 0.05) is 12.5 Å². The highest BCUT2D eigenvalue weighted by Crippen LogP contribution is 2.30. The Bertz CT molecular complexity index is 411. The first-order valence-electron chi connectivity index (χ1n) is 7.64. The Morgan fingerprint density at radius 1 is 1.37 bits per heavy atom. The van der Waals surface area contributed by atoms with Crippen LogP contribution < -0.4 is 5.32 Å². The second-order valence-electron chi connectivity index (χ2n) is 5.53. The van der Waals surface area contributed by atoms with Gasteiger partial charge in [-0.2, -0.15) is 0 Å². The molecule has 1 heterocycles. The van der Waals surface area contributed by atoms with E-state index in [9.17, 15) is 4.79 Å². The molecule has 2 unspecified atom stereocenters. The molecule has 1 saturated carbocycles. The Morgan fingerprint density at radius 2 is 2.21 bits per heavy atom. The molecule has 106 valence electrons. The molecular formula is C16H25NO2. The van der Waals surface area contributed by atoms with Crippen LogP contribution in [0.4, 0.5) is 0 Å². The summed E-state index contributed by atoms with van der Waals surface area (Å²) in [5, 5.41) is 3.16. The smallest absolute Gasteiger partial charge is 0.287 e. The van der Waals surface area contributed by atoms with E-state index in [4.69, 9.17) is 4.42 Å². The molecule has 0 bridgehead atoms. The molecule has 3 nitrogen and oxygen atoms in total. The van der Waals surface area contributed by atoms with Gasteiger partial charge < -0.3 is 9.73 Å². The zero-order valence-electron chi connectivity index (χ0n) is 12.1. The molecule has 0 aliphatic heterocycles. The third-order valence-electron chi connectivity index (χ3n) is 4.14. The molecule has 2 atom stereocenters. The van der Waals surface area contributed by atoms with Crippen molar-refractivity contribution in [1.29, 1.82) is 0 Å². The average Bonchev–Trinajstić information content (AvgIpc) is 3.05. The predicted molar refractivity (Wildman–Crippen MR) is 76.2 cm³/mol. The monoisotopic (exact) mass is 263 g/mol. The van der Waals surface area contributed by atoms with Gasteiger partial charge >= 0.3 is 0 Å². The number of amides is 1. The van der Waals surface area contributed by atoms with Gasteiger partial charge in [-0.25, -0.2) is 0 Å². The molecule has 0 spiro atoms. The van der Waals surface area contributed by atoms with Crippen LogP contribution in [0, 0.1) is 5.92 Å². The summed E-state index contributed by atoms with van der Waals surface area (Å²) >= 11 is 0. The Kier molecular flexibility index (Phi) is 5.06.